The molecule has 5 heteroatoms. The van der Waals surface area contributed by atoms with Crippen molar-refractivity contribution in [1.29, 1.82) is 0 Å². The van der Waals surface area contributed by atoms with Gasteiger partial charge in [-0.15, -0.1) is 0 Å². The van der Waals surface area contributed by atoms with Crippen LogP contribution in [0.3, 0.4) is 0 Å². The van der Waals surface area contributed by atoms with Crippen LogP contribution in [0.25, 0.3) is 0 Å². The van der Waals surface area contributed by atoms with Gasteiger partial charge in [-0.25, -0.2) is 0 Å². The van der Waals surface area contributed by atoms with Crippen LogP contribution in [0, 0.1) is 5.92 Å². The van der Waals surface area contributed by atoms with Gasteiger partial charge in [-0.05, 0) is 63.2 Å². The summed E-state index contributed by atoms with van der Waals surface area (Å²) in [6.07, 6.45) is 5.95. The SMILES string of the molecule is CCc1c(OC2CCN(CC3CCNCC3)CC2)ccc(Cl)c1Cl. The van der Waals surface area contributed by atoms with Crippen LogP contribution in [-0.2, 0) is 6.42 Å². The third-order valence-electron chi connectivity index (χ3n) is 5.31. The van der Waals surface area contributed by atoms with Crippen LogP contribution in [0.4, 0.5) is 0 Å². The molecule has 0 amide bonds. The molecule has 0 radical (unpaired) electrons. The molecule has 1 aromatic rings. The van der Waals surface area contributed by atoms with E-state index in [1.54, 1.807) is 0 Å². The zero-order valence-electron chi connectivity index (χ0n) is 14.5. The molecule has 134 valence electrons. The third-order valence-corrected chi connectivity index (χ3v) is 6.15. The summed E-state index contributed by atoms with van der Waals surface area (Å²) in [7, 11) is 0. The Bertz CT molecular complexity index is 538. The maximum atomic E-state index is 6.32. The van der Waals surface area contributed by atoms with Crippen LogP contribution in [0.15, 0.2) is 12.1 Å². The number of halogens is 2. The van der Waals surface area contributed by atoms with Crippen molar-refractivity contribution in [2.24, 2.45) is 5.92 Å². The molecule has 0 unspecified atom stereocenters. The van der Waals surface area contributed by atoms with E-state index in [4.69, 9.17) is 27.9 Å². The molecule has 2 fully saturated rings. The Hall–Kier alpha value is -0.480. The first kappa shape index (κ1) is 18.3. The minimum Gasteiger partial charge on any atom is -0.490 e. The first-order valence-corrected chi connectivity index (χ1v) is 9.99. The molecule has 1 N–H and O–H groups in total. The van der Waals surface area contributed by atoms with E-state index in [9.17, 15) is 0 Å². The lowest BCUT2D eigenvalue weighted by molar-refractivity contribution is 0.0867. The molecule has 2 heterocycles. The van der Waals surface area contributed by atoms with Crippen molar-refractivity contribution < 1.29 is 4.74 Å². The van der Waals surface area contributed by atoms with Crippen molar-refractivity contribution in [2.75, 3.05) is 32.7 Å². The van der Waals surface area contributed by atoms with Crippen LogP contribution in [0.1, 0.15) is 38.2 Å². The maximum Gasteiger partial charge on any atom is 0.124 e. The second-order valence-corrected chi connectivity index (χ2v) is 7.79. The Labute approximate surface area is 155 Å². The van der Waals surface area contributed by atoms with Gasteiger partial charge in [-0.1, -0.05) is 30.1 Å². The van der Waals surface area contributed by atoms with Crippen LogP contribution >= 0.6 is 23.2 Å². The molecule has 0 bridgehead atoms. The highest BCUT2D eigenvalue weighted by molar-refractivity contribution is 6.42. The number of nitrogens with one attached hydrogen (secondary N) is 1. The molecule has 24 heavy (non-hydrogen) atoms. The Balaban J connectivity index is 1.51. The molecule has 1 aromatic carbocycles. The number of hydrogen-bond donors (Lipinski definition) is 1. The van der Waals surface area contributed by atoms with E-state index < -0.39 is 0 Å². The van der Waals surface area contributed by atoms with Gasteiger partial charge in [-0.2, -0.15) is 0 Å². The topological polar surface area (TPSA) is 24.5 Å². The number of ether oxygens (including phenoxy) is 1. The van der Waals surface area contributed by atoms with E-state index in [0.29, 0.717) is 10.0 Å². The summed E-state index contributed by atoms with van der Waals surface area (Å²) in [6, 6.07) is 3.80. The number of piperidine rings is 2. The Morgan fingerprint density at radius 3 is 2.50 bits per heavy atom. The van der Waals surface area contributed by atoms with E-state index in [-0.39, 0.29) is 6.10 Å². The summed E-state index contributed by atoms with van der Waals surface area (Å²) in [5, 5.41) is 4.69. The summed E-state index contributed by atoms with van der Waals surface area (Å²) < 4.78 is 6.27. The molecule has 0 aliphatic carbocycles. The van der Waals surface area contributed by atoms with Crippen molar-refractivity contribution in [3.05, 3.63) is 27.7 Å². The molecule has 0 saturated carbocycles. The highest BCUT2D eigenvalue weighted by Gasteiger charge is 2.24. The van der Waals surface area contributed by atoms with Crippen LogP contribution in [0.5, 0.6) is 5.75 Å². The molecule has 0 spiro atoms. The molecule has 3 nitrogen and oxygen atoms in total. The van der Waals surface area contributed by atoms with E-state index in [1.807, 2.05) is 12.1 Å². The lowest BCUT2D eigenvalue weighted by atomic mass is 9.96. The first-order valence-electron chi connectivity index (χ1n) is 9.24. The van der Waals surface area contributed by atoms with Crippen LogP contribution < -0.4 is 10.1 Å². The minimum atomic E-state index is 0.289. The molecule has 2 aliphatic rings. The van der Waals surface area contributed by atoms with Gasteiger partial charge in [0.25, 0.3) is 0 Å². The van der Waals surface area contributed by atoms with Crippen LogP contribution in [0.2, 0.25) is 10.0 Å². The summed E-state index contributed by atoms with van der Waals surface area (Å²) in [4.78, 5) is 2.62. The van der Waals surface area contributed by atoms with E-state index in [0.717, 1.165) is 49.6 Å². The fraction of sp³-hybridized carbons (Fsp3) is 0.684. The molecule has 2 saturated heterocycles. The maximum absolute atomic E-state index is 6.32. The lowest BCUT2D eigenvalue weighted by Crippen LogP contribution is -2.42. The molecular weight excluding hydrogens is 343 g/mol. The first-order chi connectivity index (χ1) is 11.7. The van der Waals surface area contributed by atoms with Gasteiger partial charge in [0.05, 0.1) is 10.0 Å². The van der Waals surface area contributed by atoms with Gasteiger partial charge in [0.15, 0.2) is 0 Å². The van der Waals surface area contributed by atoms with Crippen molar-refractivity contribution in [1.82, 2.24) is 10.2 Å². The number of rotatable bonds is 5. The number of hydrogen-bond acceptors (Lipinski definition) is 3. The van der Waals surface area contributed by atoms with Gasteiger partial charge in [0, 0.05) is 25.2 Å². The van der Waals surface area contributed by atoms with Crippen molar-refractivity contribution in [2.45, 2.75) is 45.1 Å². The number of nitrogens with zero attached hydrogens (tertiary/aromatic N) is 1. The second kappa shape index (κ2) is 8.75. The van der Waals surface area contributed by atoms with Crippen molar-refractivity contribution in [3.63, 3.8) is 0 Å². The smallest absolute Gasteiger partial charge is 0.124 e. The van der Waals surface area contributed by atoms with E-state index >= 15 is 0 Å². The predicted octanol–water partition coefficient (Wildman–Crippen LogP) is 4.40. The normalized spacial score (nSPS) is 21.1. The second-order valence-electron chi connectivity index (χ2n) is 7.00. The summed E-state index contributed by atoms with van der Waals surface area (Å²) in [5.74, 6) is 1.77. The highest BCUT2D eigenvalue weighted by Crippen LogP contribution is 2.34. The fourth-order valence-electron chi connectivity index (χ4n) is 3.83. The molecule has 2 aliphatic heterocycles. The van der Waals surface area contributed by atoms with Gasteiger partial charge in [0.1, 0.15) is 11.9 Å². The predicted molar refractivity (Wildman–Crippen MR) is 102 cm³/mol. The van der Waals surface area contributed by atoms with Gasteiger partial charge in [-0.3, -0.25) is 0 Å². The third kappa shape index (κ3) is 4.57. The highest BCUT2D eigenvalue weighted by atomic mass is 35.5. The zero-order chi connectivity index (χ0) is 16.9. The van der Waals surface area contributed by atoms with Crippen molar-refractivity contribution in [3.8, 4) is 5.75 Å². The number of benzene rings is 1. The molecule has 0 atom stereocenters. The Morgan fingerprint density at radius 2 is 1.83 bits per heavy atom. The van der Waals surface area contributed by atoms with E-state index in [2.05, 4.69) is 17.1 Å². The standard InChI is InChI=1S/C19H28Cl2N2O/c1-2-16-18(4-3-17(20)19(16)21)24-15-7-11-23(12-8-15)13-14-5-9-22-10-6-14/h3-4,14-15,22H,2,5-13H2,1H3. The quantitative estimate of drug-likeness (QED) is 0.830. The zero-order valence-corrected chi connectivity index (χ0v) is 16.0. The fourth-order valence-corrected chi connectivity index (χ4v) is 4.30. The van der Waals surface area contributed by atoms with Crippen LogP contribution in [-0.4, -0.2) is 43.7 Å². The monoisotopic (exact) mass is 370 g/mol. The molecule has 3 rings (SSSR count). The Kier molecular flexibility index (Phi) is 6.68. The van der Waals surface area contributed by atoms with Gasteiger partial charge in [0.2, 0.25) is 0 Å². The Morgan fingerprint density at radius 1 is 1.12 bits per heavy atom. The lowest BCUT2D eigenvalue weighted by Gasteiger charge is -2.35. The minimum absolute atomic E-state index is 0.289. The summed E-state index contributed by atoms with van der Waals surface area (Å²) in [6.45, 7) is 7.98. The van der Waals surface area contributed by atoms with Crippen molar-refractivity contribution >= 4 is 23.2 Å². The molecular formula is C19H28Cl2N2O. The van der Waals surface area contributed by atoms with E-state index in [1.165, 1.54) is 32.5 Å². The number of likely N-dealkylation sites (tertiary alicyclic amines) is 1. The largest absolute Gasteiger partial charge is 0.490 e. The van der Waals surface area contributed by atoms with Gasteiger partial charge < -0.3 is 15.0 Å². The average Bonchev–Trinajstić information content (AvgIpc) is 2.61. The summed E-state index contributed by atoms with van der Waals surface area (Å²) >= 11 is 12.4. The van der Waals surface area contributed by atoms with Gasteiger partial charge >= 0.3 is 0 Å². The average molecular weight is 371 g/mol. The summed E-state index contributed by atoms with van der Waals surface area (Å²) in [5.41, 5.74) is 1.03. The molecule has 0 aromatic heterocycles.